The molecule has 0 aromatic heterocycles. The minimum atomic E-state index is -0.162. The fourth-order valence-corrected chi connectivity index (χ4v) is 5.16. The highest BCUT2D eigenvalue weighted by Crippen LogP contribution is 2.42. The third-order valence-electron chi connectivity index (χ3n) is 7.65. The van der Waals surface area contributed by atoms with Crippen LogP contribution in [0.15, 0.2) is 24.3 Å². The lowest BCUT2D eigenvalue weighted by molar-refractivity contribution is 0.255. The molecule has 2 unspecified atom stereocenters. The molecule has 2 rings (SSSR count). The van der Waals surface area contributed by atoms with Crippen molar-refractivity contribution in [3.8, 4) is 11.5 Å². The van der Waals surface area contributed by atoms with E-state index in [1.807, 2.05) is 5.01 Å². The standard InChI is InChI=1S/C34H56N2O2/c1-21(23-15-25(31(3,4)5)29(37)26(16-23)32(6,7)8)19-36(35)20-22(2)24-17-27(33(9,10)11)30(38)28(18-24)34(12,13)14/h15-18,21-22,37-38H,19-20,35H2,1-14H3. The maximum atomic E-state index is 11.1. The number of aromatic hydroxyl groups is 2. The highest BCUT2D eigenvalue weighted by atomic mass is 16.3. The molecule has 0 saturated carbocycles. The normalized spacial score (nSPS) is 15.2. The van der Waals surface area contributed by atoms with Crippen LogP contribution in [-0.2, 0) is 21.7 Å². The third-order valence-corrected chi connectivity index (χ3v) is 7.65. The van der Waals surface area contributed by atoms with Crippen LogP contribution in [0.3, 0.4) is 0 Å². The third kappa shape index (κ3) is 7.54. The van der Waals surface area contributed by atoms with Crippen LogP contribution in [0, 0.1) is 0 Å². The van der Waals surface area contributed by atoms with E-state index in [2.05, 4.69) is 121 Å². The average molecular weight is 525 g/mol. The number of hydrogen-bond acceptors (Lipinski definition) is 4. The number of phenols is 2. The molecule has 2 atom stereocenters. The second-order valence-corrected chi connectivity index (χ2v) is 15.7. The van der Waals surface area contributed by atoms with E-state index in [0.717, 1.165) is 22.3 Å². The van der Waals surface area contributed by atoms with Crippen molar-refractivity contribution in [3.63, 3.8) is 0 Å². The maximum Gasteiger partial charge on any atom is 0.123 e. The van der Waals surface area contributed by atoms with Gasteiger partial charge in [-0.1, -0.05) is 121 Å². The van der Waals surface area contributed by atoms with Gasteiger partial charge in [0.25, 0.3) is 0 Å². The van der Waals surface area contributed by atoms with Crippen molar-refractivity contribution in [1.82, 2.24) is 5.01 Å². The number of benzene rings is 2. The van der Waals surface area contributed by atoms with Crippen molar-refractivity contribution in [2.45, 2.75) is 130 Å². The number of nitrogens with two attached hydrogens (primary N) is 1. The van der Waals surface area contributed by atoms with Gasteiger partial charge in [-0.25, -0.2) is 5.01 Å². The summed E-state index contributed by atoms with van der Waals surface area (Å²) >= 11 is 0. The van der Waals surface area contributed by atoms with Crippen LogP contribution in [0.25, 0.3) is 0 Å². The van der Waals surface area contributed by atoms with Gasteiger partial charge in [-0.2, -0.15) is 0 Å². The summed E-state index contributed by atoms with van der Waals surface area (Å²) in [7, 11) is 0. The Balaban J connectivity index is 2.37. The van der Waals surface area contributed by atoms with E-state index in [1.54, 1.807) is 0 Å². The van der Waals surface area contributed by atoms with E-state index in [1.165, 1.54) is 11.1 Å². The quantitative estimate of drug-likeness (QED) is 0.262. The van der Waals surface area contributed by atoms with E-state index in [9.17, 15) is 10.2 Å². The minimum absolute atomic E-state index is 0.162. The summed E-state index contributed by atoms with van der Waals surface area (Å²) in [6.07, 6.45) is 0. The molecule has 0 aliphatic heterocycles. The fourth-order valence-electron chi connectivity index (χ4n) is 5.16. The lowest BCUT2D eigenvalue weighted by Gasteiger charge is -2.31. The van der Waals surface area contributed by atoms with Crippen molar-refractivity contribution in [3.05, 3.63) is 57.6 Å². The van der Waals surface area contributed by atoms with Crippen molar-refractivity contribution < 1.29 is 10.2 Å². The first kappa shape index (κ1) is 32.2. The number of hydrazine groups is 1. The molecular weight excluding hydrogens is 468 g/mol. The first-order valence-corrected chi connectivity index (χ1v) is 14.2. The predicted molar refractivity (Wildman–Crippen MR) is 164 cm³/mol. The molecule has 0 heterocycles. The van der Waals surface area contributed by atoms with Crippen LogP contribution in [0.1, 0.15) is 142 Å². The van der Waals surface area contributed by atoms with Gasteiger partial charge in [0.15, 0.2) is 0 Å². The smallest absolute Gasteiger partial charge is 0.123 e. The Kier molecular flexibility index (Phi) is 9.19. The van der Waals surface area contributed by atoms with Crippen molar-refractivity contribution in [2.75, 3.05) is 13.1 Å². The van der Waals surface area contributed by atoms with Gasteiger partial charge in [0.2, 0.25) is 0 Å². The second kappa shape index (κ2) is 10.8. The van der Waals surface area contributed by atoms with Crippen molar-refractivity contribution in [2.24, 2.45) is 5.84 Å². The van der Waals surface area contributed by atoms with Gasteiger partial charge >= 0.3 is 0 Å². The van der Waals surface area contributed by atoms with Gasteiger partial charge in [0.1, 0.15) is 11.5 Å². The molecule has 4 N–H and O–H groups in total. The van der Waals surface area contributed by atoms with Gasteiger partial charge in [-0.3, -0.25) is 5.84 Å². The van der Waals surface area contributed by atoms with Crippen LogP contribution >= 0.6 is 0 Å². The zero-order valence-corrected chi connectivity index (χ0v) is 26.8. The van der Waals surface area contributed by atoms with Gasteiger partial charge in [0, 0.05) is 13.1 Å². The van der Waals surface area contributed by atoms with E-state index in [4.69, 9.17) is 5.84 Å². The Morgan fingerprint density at radius 3 is 0.947 bits per heavy atom. The molecule has 4 heteroatoms. The number of phenolic OH excluding ortho intramolecular Hbond substituents is 2. The van der Waals surface area contributed by atoms with Crippen LogP contribution in [-0.4, -0.2) is 28.3 Å². The Morgan fingerprint density at radius 2 is 0.763 bits per heavy atom. The van der Waals surface area contributed by atoms with Gasteiger partial charge in [-0.15, -0.1) is 0 Å². The maximum absolute atomic E-state index is 11.1. The summed E-state index contributed by atoms with van der Waals surface area (Å²) in [5.74, 6) is 7.86. The largest absolute Gasteiger partial charge is 0.507 e. The second-order valence-electron chi connectivity index (χ2n) is 15.7. The molecule has 0 aliphatic carbocycles. The Morgan fingerprint density at radius 1 is 0.553 bits per heavy atom. The molecule has 38 heavy (non-hydrogen) atoms. The number of nitrogens with zero attached hydrogens (tertiary/aromatic N) is 1. The highest BCUT2D eigenvalue weighted by Gasteiger charge is 2.29. The zero-order chi connectivity index (χ0) is 29.6. The van der Waals surface area contributed by atoms with Crippen LogP contribution in [0.4, 0.5) is 0 Å². The first-order chi connectivity index (χ1) is 16.9. The van der Waals surface area contributed by atoms with Crippen molar-refractivity contribution in [1.29, 1.82) is 0 Å². The Hall–Kier alpha value is -2.04. The van der Waals surface area contributed by atoms with Crippen LogP contribution < -0.4 is 5.84 Å². The molecule has 2 aromatic rings. The number of hydrogen-bond donors (Lipinski definition) is 3. The number of rotatable bonds is 6. The van der Waals surface area contributed by atoms with Gasteiger partial charge < -0.3 is 10.2 Å². The molecule has 0 radical (unpaired) electrons. The SMILES string of the molecule is CC(CN(N)CC(C)c1cc(C(C)(C)C)c(O)c(C(C)(C)C)c1)c1cc(C(C)(C)C)c(O)c(C(C)(C)C)c1. The first-order valence-electron chi connectivity index (χ1n) is 14.2. The Bertz CT molecular complexity index is 962. The fraction of sp³-hybridized carbons (Fsp3) is 0.647. The highest BCUT2D eigenvalue weighted by molar-refractivity contribution is 5.51. The molecule has 0 amide bonds. The van der Waals surface area contributed by atoms with Crippen molar-refractivity contribution >= 4 is 0 Å². The molecule has 2 aromatic carbocycles. The van der Waals surface area contributed by atoms with Crippen LogP contribution in [0.5, 0.6) is 11.5 Å². The molecule has 4 nitrogen and oxygen atoms in total. The summed E-state index contributed by atoms with van der Waals surface area (Å²) in [4.78, 5) is 0. The van der Waals surface area contributed by atoms with Gasteiger partial charge in [-0.05, 0) is 66.9 Å². The zero-order valence-electron chi connectivity index (χ0n) is 26.8. The monoisotopic (exact) mass is 524 g/mol. The summed E-state index contributed by atoms with van der Waals surface area (Å²) in [5, 5.41) is 24.2. The predicted octanol–water partition coefficient (Wildman–Crippen LogP) is 8.37. The summed E-state index contributed by atoms with van der Waals surface area (Å²) in [5.41, 5.74) is 5.70. The van der Waals surface area contributed by atoms with E-state index < -0.39 is 0 Å². The lowest BCUT2D eigenvalue weighted by atomic mass is 9.77. The summed E-state index contributed by atoms with van der Waals surface area (Å²) in [6.45, 7) is 31.6. The summed E-state index contributed by atoms with van der Waals surface area (Å²) in [6, 6.07) is 8.66. The molecule has 0 saturated heterocycles. The molecular formula is C34H56N2O2. The minimum Gasteiger partial charge on any atom is -0.507 e. The average Bonchev–Trinajstić information content (AvgIpc) is 2.70. The molecule has 0 fully saturated rings. The molecule has 214 valence electrons. The van der Waals surface area contributed by atoms with E-state index in [0.29, 0.717) is 24.6 Å². The van der Waals surface area contributed by atoms with E-state index >= 15 is 0 Å². The lowest BCUT2D eigenvalue weighted by Crippen LogP contribution is -2.37. The molecule has 0 bridgehead atoms. The molecule has 0 aliphatic rings. The van der Waals surface area contributed by atoms with Crippen LogP contribution in [0.2, 0.25) is 0 Å². The van der Waals surface area contributed by atoms with E-state index in [-0.39, 0.29) is 33.5 Å². The van der Waals surface area contributed by atoms with Gasteiger partial charge in [0.05, 0.1) is 0 Å². The Labute approximate surface area is 233 Å². The molecule has 0 spiro atoms. The summed E-state index contributed by atoms with van der Waals surface area (Å²) < 4.78 is 0. The topological polar surface area (TPSA) is 69.7 Å².